The molecule has 0 aromatic heterocycles. The summed E-state index contributed by atoms with van der Waals surface area (Å²) in [6.07, 6.45) is 0. The largest absolute Gasteiger partial charge is 3.00 e. The van der Waals surface area contributed by atoms with Crippen molar-refractivity contribution in [3.8, 4) is 0 Å². The Kier molecular flexibility index (Phi) is 6950. The van der Waals surface area contributed by atoms with Crippen molar-refractivity contribution in [2.45, 2.75) is 0 Å². The fourth-order valence-electron chi connectivity index (χ4n) is 0. The fraction of sp³-hybridized carbons (Fsp3) is 0. The van der Waals surface area contributed by atoms with Crippen molar-refractivity contribution in [2.24, 2.45) is 0 Å². The van der Waals surface area contributed by atoms with Crippen molar-refractivity contribution in [1.82, 2.24) is 0 Å². The van der Waals surface area contributed by atoms with Crippen LogP contribution in [0.3, 0.4) is 0 Å². The van der Waals surface area contributed by atoms with E-state index in [2.05, 4.69) is 0 Å². The maximum atomic E-state index is 6.25. The van der Waals surface area contributed by atoms with Gasteiger partial charge in [-0.05, 0) is 0 Å². The summed E-state index contributed by atoms with van der Waals surface area (Å²) in [5, 5.41) is 56.2. The Bertz CT molecular complexity index is 169. The van der Waals surface area contributed by atoms with Gasteiger partial charge in [0.05, 0.1) is 0 Å². The van der Waals surface area contributed by atoms with Gasteiger partial charge < -0.3 is 107 Å². The molecule has 0 heterocycles. The second-order valence-electron chi connectivity index (χ2n) is 0. The zero-order chi connectivity index (χ0) is 18.0. The van der Waals surface area contributed by atoms with Crippen molar-refractivity contribution in [2.75, 3.05) is 0 Å². The minimum Gasteiger partial charge on any atom is -0.512 e. The number of nitrogens with zero attached hydrogens (tertiary/aromatic N) is 9. The molecule has 0 amide bonds. The summed E-state index contributed by atoms with van der Waals surface area (Å²) in [6.45, 7) is 42.8. The number of hydrogen-bond donors (Lipinski definition) is 0. The van der Waals surface area contributed by atoms with E-state index >= 15 is 0 Å². The van der Waals surface area contributed by atoms with Gasteiger partial charge >= 0.3 is 70.4 Å². The number of hydrogen-bond acceptors (Lipinski definition) is 9. The topological polar surface area (TPSA) is 214 Å². The van der Waals surface area contributed by atoms with Crippen molar-refractivity contribution in [1.29, 1.82) is 47.4 Å². The average Bonchev–Trinajstić information content (AvgIpc) is 2.63. The third-order valence-corrected chi connectivity index (χ3v) is 0. The van der Waals surface area contributed by atoms with Crippen LogP contribution in [0.25, 0.3) is 0 Å². The predicted molar refractivity (Wildman–Crippen MR) is 44.7 cm³/mol. The Morgan fingerprint density at radius 1 is 0.318 bits per heavy atom. The van der Waals surface area contributed by atoms with Crippen LogP contribution in [-0.2, 0) is 70.4 Å². The zero-order valence-corrected chi connectivity index (χ0v) is 16.4. The van der Waals surface area contributed by atoms with E-state index in [9.17, 15) is 0 Å². The minimum atomic E-state index is 0. The summed E-state index contributed by atoms with van der Waals surface area (Å²) < 4.78 is 0. The molecule has 0 aromatic rings. The Morgan fingerprint density at radius 2 is 0.318 bits per heavy atom. The van der Waals surface area contributed by atoms with Crippen LogP contribution in [0.1, 0.15) is 0 Å². The Balaban J connectivity index is -0.00000000368. The first-order valence-electron chi connectivity index (χ1n) is 2.01. The van der Waals surface area contributed by atoms with Crippen LogP contribution >= 0.6 is 0 Å². The molecule has 9 nitrogen and oxygen atoms in total. The molecule has 2 radical (unpaired) electrons. The van der Waals surface area contributed by atoms with Gasteiger partial charge in [-0.15, -0.1) is 0 Å². The summed E-state index contributed by atoms with van der Waals surface area (Å²) in [6, 6.07) is 0. The van der Waals surface area contributed by atoms with Crippen LogP contribution in [0.4, 0.5) is 0 Å². The van der Waals surface area contributed by atoms with Gasteiger partial charge in [-0.3, -0.25) is 0 Å². The van der Waals surface area contributed by atoms with Gasteiger partial charge in [0, 0.05) is 0 Å². The molecule has 0 aromatic carbocycles. The average molecular weight is 474 g/mol. The smallest absolute Gasteiger partial charge is 0.512 e. The van der Waals surface area contributed by atoms with Crippen molar-refractivity contribution < 1.29 is 70.4 Å². The molecule has 0 atom stereocenters. The third kappa shape index (κ3) is 824. The van der Waals surface area contributed by atoms with Crippen LogP contribution in [0, 0.1) is 107 Å². The standard InChI is InChI=1S/9CN.Cr.Cu.Ni.Zn/c9*1-2;;;;/q9*-1;+3;3*+2. The minimum absolute atomic E-state index is 0. The predicted octanol–water partition coefficient (Wildman–Crippen LogP) is 0.857. The normalized spacial score (nSPS) is 0.818. The molecule has 0 aliphatic heterocycles. The van der Waals surface area contributed by atoms with E-state index in [-0.39, 0.29) is 70.4 Å². The molecular formula is C9CrCuN9NiZn. The first-order chi connectivity index (χ1) is 9.00. The molecule has 0 N–H and O–H groups in total. The molecule has 0 aliphatic rings. The first-order valence-corrected chi connectivity index (χ1v) is 2.01. The molecule has 0 unspecified atom stereocenters. The zero-order valence-electron chi connectivity index (χ0n) is 10.3. The molecule has 0 fully saturated rings. The van der Waals surface area contributed by atoms with Crippen LogP contribution < -0.4 is 0 Å². The molecule has 0 spiro atoms. The van der Waals surface area contributed by atoms with Gasteiger partial charge in [0.1, 0.15) is 0 Å². The molecular weight excluding hydrogens is 474 g/mol. The van der Waals surface area contributed by atoms with Gasteiger partial charge in [0.2, 0.25) is 0 Å². The Labute approximate surface area is 176 Å². The second kappa shape index (κ2) is 979. The van der Waals surface area contributed by atoms with E-state index in [4.69, 9.17) is 107 Å². The van der Waals surface area contributed by atoms with E-state index in [0.29, 0.717) is 0 Å². The van der Waals surface area contributed by atoms with Crippen LogP contribution in [0.2, 0.25) is 0 Å². The van der Waals surface area contributed by atoms with Crippen molar-refractivity contribution in [3.63, 3.8) is 0 Å². The van der Waals surface area contributed by atoms with Gasteiger partial charge in [-0.2, -0.15) is 0 Å². The molecule has 0 rings (SSSR count). The monoisotopic (exact) mass is 471 g/mol. The van der Waals surface area contributed by atoms with Crippen LogP contribution in [0.15, 0.2) is 0 Å². The van der Waals surface area contributed by atoms with E-state index in [1.165, 1.54) is 0 Å². The molecule has 110 valence electrons. The SMILES string of the molecule is [C-]#N.[C-]#N.[C-]#N.[C-]#N.[C-]#N.[C-]#N.[C-]#N.[C-]#N.[C-]#N.[Cr+3].[Cu+2].[Ni+2].[Zn+2]. The Morgan fingerprint density at radius 3 is 0.318 bits per heavy atom. The van der Waals surface area contributed by atoms with Gasteiger partial charge in [-0.25, -0.2) is 0 Å². The summed E-state index contributed by atoms with van der Waals surface area (Å²) in [5.74, 6) is 0. The Hall–Kier alpha value is -2.42. The van der Waals surface area contributed by atoms with Crippen LogP contribution in [-0.4, -0.2) is 0 Å². The van der Waals surface area contributed by atoms with Gasteiger partial charge in [0.25, 0.3) is 0 Å². The summed E-state index contributed by atoms with van der Waals surface area (Å²) in [5.41, 5.74) is 0. The van der Waals surface area contributed by atoms with Crippen molar-refractivity contribution >= 4 is 0 Å². The molecule has 0 saturated carbocycles. The first kappa shape index (κ1) is 156. The molecule has 22 heavy (non-hydrogen) atoms. The molecule has 0 saturated heterocycles. The summed E-state index contributed by atoms with van der Waals surface area (Å²) >= 11 is 0. The maximum Gasteiger partial charge on any atom is 3.00 e. The van der Waals surface area contributed by atoms with Crippen molar-refractivity contribution in [3.05, 3.63) is 59.1 Å². The van der Waals surface area contributed by atoms with E-state index in [0.717, 1.165) is 0 Å². The quantitative estimate of drug-likeness (QED) is 0.359. The molecule has 0 bridgehead atoms. The number of rotatable bonds is 0. The van der Waals surface area contributed by atoms with Gasteiger partial charge in [0.15, 0.2) is 0 Å². The second-order valence-corrected chi connectivity index (χ2v) is 0. The van der Waals surface area contributed by atoms with E-state index in [1.807, 2.05) is 0 Å². The maximum absolute atomic E-state index is 6.25. The van der Waals surface area contributed by atoms with Gasteiger partial charge in [-0.1, -0.05) is 0 Å². The van der Waals surface area contributed by atoms with Crippen LogP contribution in [0.5, 0.6) is 0 Å². The fourth-order valence-corrected chi connectivity index (χ4v) is 0. The molecule has 0 aliphatic carbocycles. The summed E-state index contributed by atoms with van der Waals surface area (Å²) in [4.78, 5) is 0. The summed E-state index contributed by atoms with van der Waals surface area (Å²) in [7, 11) is 0. The van der Waals surface area contributed by atoms with E-state index < -0.39 is 0 Å². The molecule has 13 heteroatoms. The van der Waals surface area contributed by atoms with E-state index in [1.54, 1.807) is 0 Å². The third-order valence-electron chi connectivity index (χ3n) is 0.